The predicted octanol–water partition coefficient (Wildman–Crippen LogP) is 3.25. The second kappa shape index (κ2) is 3.69. The van der Waals surface area contributed by atoms with Crippen molar-refractivity contribution in [1.29, 1.82) is 0 Å². The molecule has 0 aromatic heterocycles. The first-order chi connectivity index (χ1) is 5.95. The maximum Gasteiger partial charge on any atom is 0.304 e. The third-order valence-electron chi connectivity index (χ3n) is 1.36. The minimum absolute atomic E-state index is 0.0453. The van der Waals surface area contributed by atoms with E-state index in [4.69, 9.17) is 28.9 Å². The first-order valence-corrected chi connectivity index (χ1v) is 4.57. The third-order valence-corrected chi connectivity index (χ3v) is 2.77. The van der Waals surface area contributed by atoms with Gasteiger partial charge in [-0.15, -0.1) is 0 Å². The van der Waals surface area contributed by atoms with E-state index in [2.05, 4.69) is 15.9 Å². The summed E-state index contributed by atoms with van der Waals surface area (Å²) in [5, 5.41) is 10.6. The van der Waals surface area contributed by atoms with Gasteiger partial charge in [-0.3, -0.25) is 10.1 Å². The Labute approximate surface area is 91.9 Å². The van der Waals surface area contributed by atoms with Gasteiger partial charge in [-0.1, -0.05) is 23.2 Å². The van der Waals surface area contributed by atoms with Crippen molar-refractivity contribution in [2.24, 2.45) is 0 Å². The molecule has 0 unspecified atom stereocenters. The van der Waals surface area contributed by atoms with Crippen LogP contribution < -0.4 is 5.73 Å². The number of hydrogen-bond donors (Lipinski definition) is 1. The van der Waals surface area contributed by atoms with Gasteiger partial charge >= 0.3 is 5.69 Å². The van der Waals surface area contributed by atoms with Crippen molar-refractivity contribution >= 4 is 50.5 Å². The highest BCUT2D eigenvalue weighted by Gasteiger charge is 2.21. The number of halogens is 3. The summed E-state index contributed by atoms with van der Waals surface area (Å²) in [6, 6.07) is 1.24. The molecular weight excluding hydrogens is 283 g/mol. The van der Waals surface area contributed by atoms with Crippen molar-refractivity contribution in [3.8, 4) is 0 Å². The van der Waals surface area contributed by atoms with Gasteiger partial charge in [0.15, 0.2) is 0 Å². The Hall–Kier alpha value is -0.520. The van der Waals surface area contributed by atoms with Gasteiger partial charge in [-0.25, -0.2) is 0 Å². The summed E-state index contributed by atoms with van der Waals surface area (Å²) in [7, 11) is 0. The van der Waals surface area contributed by atoms with Crippen LogP contribution in [0.2, 0.25) is 10.0 Å². The van der Waals surface area contributed by atoms with E-state index in [1.165, 1.54) is 6.07 Å². The highest BCUT2D eigenvalue weighted by atomic mass is 79.9. The normalized spacial score (nSPS) is 10.1. The smallest absolute Gasteiger partial charge is 0.304 e. The molecule has 0 aliphatic carbocycles. The topological polar surface area (TPSA) is 69.2 Å². The van der Waals surface area contributed by atoms with Crippen LogP contribution in [0.5, 0.6) is 0 Å². The first-order valence-electron chi connectivity index (χ1n) is 3.02. The van der Waals surface area contributed by atoms with Crippen LogP contribution in [0.15, 0.2) is 10.5 Å². The van der Waals surface area contributed by atoms with Gasteiger partial charge in [-0.2, -0.15) is 0 Å². The lowest BCUT2D eigenvalue weighted by Crippen LogP contribution is -1.96. The fraction of sp³-hybridized carbons (Fsp3) is 0. The maximum atomic E-state index is 10.5. The molecule has 70 valence electrons. The van der Waals surface area contributed by atoms with Crippen LogP contribution in [-0.4, -0.2) is 4.92 Å². The van der Waals surface area contributed by atoms with Gasteiger partial charge in [0.2, 0.25) is 0 Å². The molecule has 0 radical (unpaired) electrons. The van der Waals surface area contributed by atoms with Gasteiger partial charge in [-0.05, 0) is 22.0 Å². The van der Waals surface area contributed by atoms with E-state index in [0.717, 1.165) is 0 Å². The van der Waals surface area contributed by atoms with Crippen molar-refractivity contribution < 1.29 is 4.92 Å². The summed E-state index contributed by atoms with van der Waals surface area (Å²) in [5.41, 5.74) is 5.28. The van der Waals surface area contributed by atoms with Crippen LogP contribution >= 0.6 is 39.1 Å². The number of rotatable bonds is 1. The van der Waals surface area contributed by atoms with Gasteiger partial charge in [0.1, 0.15) is 9.50 Å². The average Bonchev–Trinajstić information content (AvgIpc) is 1.99. The highest BCUT2D eigenvalue weighted by Crippen LogP contribution is 2.40. The van der Waals surface area contributed by atoms with Crippen LogP contribution in [0.4, 0.5) is 11.4 Å². The van der Waals surface area contributed by atoms with Crippen LogP contribution in [0.25, 0.3) is 0 Å². The molecule has 1 aromatic rings. The molecule has 0 amide bonds. The summed E-state index contributed by atoms with van der Waals surface area (Å²) in [5.74, 6) is 0. The van der Waals surface area contributed by atoms with E-state index in [1.54, 1.807) is 0 Å². The van der Waals surface area contributed by atoms with Crippen LogP contribution in [0.3, 0.4) is 0 Å². The predicted molar refractivity (Wildman–Crippen MR) is 55.2 cm³/mol. The molecule has 0 fully saturated rings. The second-order valence-electron chi connectivity index (χ2n) is 2.17. The third kappa shape index (κ3) is 1.87. The highest BCUT2D eigenvalue weighted by molar-refractivity contribution is 9.10. The first kappa shape index (κ1) is 10.6. The molecule has 1 aromatic carbocycles. The molecule has 0 saturated carbocycles. The Bertz CT molecular complexity index is 383. The molecule has 0 saturated heterocycles. The standard InChI is InChI=1S/C6H3BrCl2N2O2/c7-4-5(10)2(8)1-3(9)6(4)11(12)13/h1H,10H2. The molecule has 13 heavy (non-hydrogen) atoms. The summed E-state index contributed by atoms with van der Waals surface area (Å²) in [6.07, 6.45) is 0. The minimum Gasteiger partial charge on any atom is -0.396 e. The summed E-state index contributed by atoms with van der Waals surface area (Å²) in [6.45, 7) is 0. The van der Waals surface area contributed by atoms with Crippen molar-refractivity contribution in [3.63, 3.8) is 0 Å². The molecule has 0 heterocycles. The van der Waals surface area contributed by atoms with E-state index in [1.807, 2.05) is 0 Å². The minimum atomic E-state index is -0.626. The number of nitro groups is 1. The van der Waals surface area contributed by atoms with Crippen LogP contribution in [0.1, 0.15) is 0 Å². The number of nitrogens with two attached hydrogens (primary N) is 1. The molecule has 2 N–H and O–H groups in total. The quantitative estimate of drug-likeness (QED) is 0.489. The molecule has 0 atom stereocenters. The fourth-order valence-electron chi connectivity index (χ4n) is 0.762. The van der Waals surface area contributed by atoms with Crippen LogP contribution in [-0.2, 0) is 0 Å². The van der Waals surface area contributed by atoms with Gasteiger partial charge in [0.05, 0.1) is 15.6 Å². The number of nitrogen functional groups attached to an aromatic ring is 1. The molecule has 0 bridgehead atoms. The van der Waals surface area contributed by atoms with Gasteiger partial charge in [0, 0.05) is 0 Å². The van der Waals surface area contributed by atoms with Gasteiger partial charge in [0.25, 0.3) is 0 Å². The maximum absolute atomic E-state index is 10.5. The van der Waals surface area contributed by atoms with E-state index in [9.17, 15) is 10.1 Å². The van der Waals surface area contributed by atoms with E-state index in [0.29, 0.717) is 0 Å². The van der Waals surface area contributed by atoms with Crippen molar-refractivity contribution in [3.05, 3.63) is 30.7 Å². The Balaban J connectivity index is 3.53. The fourth-order valence-corrected chi connectivity index (χ4v) is 2.09. The van der Waals surface area contributed by atoms with E-state index >= 15 is 0 Å². The zero-order chi connectivity index (χ0) is 10.2. The number of hydrogen-bond acceptors (Lipinski definition) is 3. The monoisotopic (exact) mass is 284 g/mol. The Kier molecular flexibility index (Phi) is 3.00. The van der Waals surface area contributed by atoms with Gasteiger partial charge < -0.3 is 5.73 Å². The second-order valence-corrected chi connectivity index (χ2v) is 3.78. The summed E-state index contributed by atoms with van der Waals surface area (Å²) < 4.78 is 0.106. The van der Waals surface area contributed by atoms with Crippen molar-refractivity contribution in [1.82, 2.24) is 0 Å². The Morgan fingerprint density at radius 1 is 1.46 bits per heavy atom. The number of anilines is 1. The number of benzene rings is 1. The summed E-state index contributed by atoms with van der Waals surface area (Å²) >= 11 is 14.2. The molecule has 7 heteroatoms. The number of nitrogens with zero attached hydrogens (tertiary/aromatic N) is 1. The Morgan fingerprint density at radius 3 is 2.46 bits per heavy atom. The molecule has 1 rings (SSSR count). The van der Waals surface area contributed by atoms with E-state index < -0.39 is 4.92 Å². The van der Waals surface area contributed by atoms with Crippen molar-refractivity contribution in [2.45, 2.75) is 0 Å². The Morgan fingerprint density at radius 2 is 2.00 bits per heavy atom. The zero-order valence-corrected chi connectivity index (χ0v) is 9.15. The molecule has 4 nitrogen and oxygen atoms in total. The SMILES string of the molecule is Nc1c(Cl)cc(Cl)c([N+](=O)[O-])c1Br. The lowest BCUT2D eigenvalue weighted by atomic mass is 10.3. The average molecular weight is 286 g/mol. The lowest BCUT2D eigenvalue weighted by molar-refractivity contribution is -0.385. The van der Waals surface area contributed by atoms with E-state index in [-0.39, 0.29) is 25.9 Å². The zero-order valence-electron chi connectivity index (χ0n) is 6.05. The summed E-state index contributed by atoms with van der Waals surface area (Å²) in [4.78, 5) is 9.87. The molecule has 0 aliphatic heterocycles. The molecule has 0 spiro atoms. The largest absolute Gasteiger partial charge is 0.396 e. The van der Waals surface area contributed by atoms with Crippen LogP contribution in [0, 0.1) is 10.1 Å². The molecule has 0 aliphatic rings. The lowest BCUT2D eigenvalue weighted by Gasteiger charge is -2.03. The molecular formula is C6H3BrCl2N2O2. The van der Waals surface area contributed by atoms with Crippen molar-refractivity contribution in [2.75, 3.05) is 5.73 Å². The number of nitro benzene ring substituents is 1.